The van der Waals surface area contributed by atoms with Gasteiger partial charge in [0.2, 0.25) is 0 Å². The van der Waals surface area contributed by atoms with Crippen LogP contribution in [0, 0.1) is 13.8 Å². The van der Waals surface area contributed by atoms with Gasteiger partial charge in [-0.1, -0.05) is 0 Å². The molecule has 3 heterocycles. The summed E-state index contributed by atoms with van der Waals surface area (Å²) in [6.07, 6.45) is 2.94. The van der Waals surface area contributed by atoms with E-state index in [1.807, 2.05) is 48.9 Å². The van der Waals surface area contributed by atoms with Crippen LogP contribution in [0.5, 0.6) is 0 Å². The highest BCUT2D eigenvalue weighted by molar-refractivity contribution is 5.95. The predicted octanol–water partition coefficient (Wildman–Crippen LogP) is 2.68. The Hall–Kier alpha value is -3.35. The van der Waals surface area contributed by atoms with Gasteiger partial charge >= 0.3 is 0 Å². The second-order valence-corrected chi connectivity index (χ2v) is 6.98. The molecule has 1 fully saturated rings. The zero-order valence-electron chi connectivity index (χ0n) is 16.0. The lowest BCUT2D eigenvalue weighted by Gasteiger charge is -2.34. The Labute approximate surface area is 163 Å². The number of nitrogens with zero attached hydrogens (tertiary/aromatic N) is 4. The van der Waals surface area contributed by atoms with E-state index in [1.54, 1.807) is 15.9 Å². The van der Waals surface area contributed by atoms with Crippen LogP contribution in [0.1, 0.15) is 32.1 Å². The Morgan fingerprint density at radius 2 is 1.50 bits per heavy atom. The summed E-state index contributed by atoms with van der Waals surface area (Å²) in [5, 5.41) is 4.47. The van der Waals surface area contributed by atoms with Gasteiger partial charge in [0.25, 0.3) is 11.8 Å². The van der Waals surface area contributed by atoms with Crippen LogP contribution in [0.2, 0.25) is 0 Å². The number of hydrogen-bond acceptors (Lipinski definition) is 4. The summed E-state index contributed by atoms with van der Waals surface area (Å²) in [7, 11) is 0. The summed E-state index contributed by atoms with van der Waals surface area (Å²) in [5.74, 6) is -0.0783. The molecule has 1 saturated heterocycles. The fourth-order valence-corrected chi connectivity index (χ4v) is 3.50. The van der Waals surface area contributed by atoms with Crippen LogP contribution in [-0.4, -0.2) is 57.6 Å². The molecule has 144 valence electrons. The largest absolute Gasteiger partial charge is 0.472 e. The Morgan fingerprint density at radius 3 is 2.00 bits per heavy atom. The van der Waals surface area contributed by atoms with Crippen LogP contribution in [0.4, 0.5) is 0 Å². The first-order chi connectivity index (χ1) is 13.5. The molecular weight excluding hydrogens is 356 g/mol. The quantitative estimate of drug-likeness (QED) is 0.703. The first-order valence-electron chi connectivity index (χ1n) is 9.27. The molecule has 4 rings (SSSR count). The van der Waals surface area contributed by atoms with E-state index in [1.165, 1.54) is 12.5 Å². The molecule has 1 aliphatic rings. The van der Waals surface area contributed by atoms with Gasteiger partial charge in [-0.05, 0) is 50.2 Å². The van der Waals surface area contributed by atoms with Crippen molar-refractivity contribution < 1.29 is 14.0 Å². The third-order valence-electron chi connectivity index (χ3n) is 4.99. The zero-order chi connectivity index (χ0) is 19.7. The van der Waals surface area contributed by atoms with E-state index in [2.05, 4.69) is 5.10 Å². The topological polar surface area (TPSA) is 71.6 Å². The summed E-state index contributed by atoms with van der Waals surface area (Å²) >= 11 is 0. The number of carbonyl (C=O) groups excluding carboxylic acids is 2. The highest BCUT2D eigenvalue weighted by Gasteiger charge is 2.26. The third-order valence-corrected chi connectivity index (χ3v) is 4.99. The van der Waals surface area contributed by atoms with Crippen molar-refractivity contribution in [2.24, 2.45) is 0 Å². The van der Waals surface area contributed by atoms with Crippen LogP contribution in [0.15, 0.2) is 53.3 Å². The van der Waals surface area contributed by atoms with E-state index in [0.717, 1.165) is 17.1 Å². The summed E-state index contributed by atoms with van der Waals surface area (Å²) < 4.78 is 6.84. The van der Waals surface area contributed by atoms with Crippen molar-refractivity contribution in [1.29, 1.82) is 0 Å². The molecule has 0 radical (unpaired) electrons. The minimum Gasteiger partial charge on any atom is -0.472 e. The highest BCUT2D eigenvalue weighted by Crippen LogP contribution is 2.16. The van der Waals surface area contributed by atoms with Gasteiger partial charge in [-0.15, -0.1) is 0 Å². The smallest absolute Gasteiger partial charge is 0.257 e. The third kappa shape index (κ3) is 3.43. The van der Waals surface area contributed by atoms with Crippen molar-refractivity contribution in [2.75, 3.05) is 26.2 Å². The molecule has 3 aromatic rings. The summed E-state index contributed by atoms with van der Waals surface area (Å²) in [6.45, 7) is 6.02. The van der Waals surface area contributed by atoms with Crippen LogP contribution < -0.4 is 0 Å². The summed E-state index contributed by atoms with van der Waals surface area (Å²) in [4.78, 5) is 28.7. The van der Waals surface area contributed by atoms with Crippen LogP contribution in [-0.2, 0) is 0 Å². The molecule has 2 aromatic heterocycles. The number of rotatable bonds is 3. The first-order valence-corrected chi connectivity index (χ1v) is 9.27. The van der Waals surface area contributed by atoms with Crippen molar-refractivity contribution in [3.63, 3.8) is 0 Å². The fourth-order valence-electron chi connectivity index (χ4n) is 3.50. The van der Waals surface area contributed by atoms with Crippen molar-refractivity contribution in [3.05, 3.63) is 71.4 Å². The normalized spacial score (nSPS) is 14.4. The van der Waals surface area contributed by atoms with Gasteiger partial charge in [0.15, 0.2) is 0 Å². The van der Waals surface area contributed by atoms with Crippen molar-refractivity contribution in [1.82, 2.24) is 19.6 Å². The first kappa shape index (κ1) is 18.0. The van der Waals surface area contributed by atoms with Crippen LogP contribution in [0.3, 0.4) is 0 Å². The molecule has 0 atom stereocenters. The molecule has 7 nitrogen and oxygen atoms in total. The van der Waals surface area contributed by atoms with Crippen molar-refractivity contribution in [2.45, 2.75) is 13.8 Å². The number of benzene rings is 1. The predicted molar refractivity (Wildman–Crippen MR) is 104 cm³/mol. The van der Waals surface area contributed by atoms with Gasteiger partial charge in [0, 0.05) is 37.4 Å². The number of aryl methyl sites for hydroxylation is 2. The average Bonchev–Trinajstić information content (AvgIpc) is 3.37. The Kier molecular flexibility index (Phi) is 4.73. The molecule has 1 aromatic carbocycles. The van der Waals surface area contributed by atoms with Gasteiger partial charge in [-0.3, -0.25) is 9.59 Å². The minimum absolute atomic E-state index is 0.0182. The van der Waals surface area contributed by atoms with Gasteiger partial charge in [-0.25, -0.2) is 4.68 Å². The van der Waals surface area contributed by atoms with E-state index < -0.39 is 0 Å². The average molecular weight is 378 g/mol. The zero-order valence-corrected chi connectivity index (χ0v) is 16.0. The monoisotopic (exact) mass is 378 g/mol. The lowest BCUT2D eigenvalue weighted by Crippen LogP contribution is -2.50. The molecule has 0 bridgehead atoms. The lowest BCUT2D eigenvalue weighted by molar-refractivity contribution is 0.0535. The van der Waals surface area contributed by atoms with Gasteiger partial charge < -0.3 is 14.2 Å². The van der Waals surface area contributed by atoms with E-state index in [0.29, 0.717) is 37.3 Å². The SMILES string of the molecule is Cc1cc(C)n(-c2ccc(C(=O)N3CCN(C(=O)c4ccoc4)CC3)cc2)n1. The molecule has 7 heteroatoms. The van der Waals surface area contributed by atoms with Crippen LogP contribution >= 0.6 is 0 Å². The summed E-state index contributed by atoms with van der Waals surface area (Å²) in [5.41, 5.74) is 4.12. The number of piperazine rings is 1. The van der Waals surface area contributed by atoms with E-state index in [4.69, 9.17) is 4.42 Å². The lowest BCUT2D eigenvalue weighted by atomic mass is 10.1. The van der Waals surface area contributed by atoms with E-state index >= 15 is 0 Å². The number of amides is 2. The van der Waals surface area contributed by atoms with Gasteiger partial charge in [-0.2, -0.15) is 5.10 Å². The standard InChI is InChI=1S/C21H22N4O3/c1-15-13-16(2)25(22-15)19-5-3-17(4-6-19)20(26)23-8-10-24(11-9-23)21(27)18-7-12-28-14-18/h3-7,12-14H,8-11H2,1-2H3. The van der Waals surface area contributed by atoms with Gasteiger partial charge in [0.1, 0.15) is 6.26 Å². The molecular formula is C21H22N4O3. The number of aromatic nitrogens is 2. The van der Waals surface area contributed by atoms with Crippen LogP contribution in [0.25, 0.3) is 5.69 Å². The van der Waals surface area contributed by atoms with Gasteiger partial charge in [0.05, 0.1) is 23.2 Å². The van der Waals surface area contributed by atoms with E-state index in [9.17, 15) is 9.59 Å². The maximum absolute atomic E-state index is 12.8. The molecule has 0 saturated carbocycles. The maximum atomic E-state index is 12.8. The Morgan fingerprint density at radius 1 is 0.893 bits per heavy atom. The number of furan rings is 1. The summed E-state index contributed by atoms with van der Waals surface area (Å²) in [6, 6.07) is 11.2. The Bertz CT molecular complexity index is 981. The minimum atomic E-state index is -0.0601. The second-order valence-electron chi connectivity index (χ2n) is 6.98. The molecule has 2 amide bonds. The molecule has 1 aliphatic heterocycles. The van der Waals surface area contributed by atoms with E-state index in [-0.39, 0.29) is 11.8 Å². The van der Waals surface area contributed by atoms with Crippen molar-refractivity contribution in [3.8, 4) is 5.69 Å². The molecule has 28 heavy (non-hydrogen) atoms. The number of hydrogen-bond donors (Lipinski definition) is 0. The number of carbonyl (C=O) groups is 2. The maximum Gasteiger partial charge on any atom is 0.257 e. The fraction of sp³-hybridized carbons (Fsp3) is 0.286. The molecule has 0 spiro atoms. The second kappa shape index (κ2) is 7.34. The molecule has 0 unspecified atom stereocenters. The molecule has 0 aliphatic carbocycles. The molecule has 0 N–H and O–H groups in total. The Balaban J connectivity index is 1.40. The van der Waals surface area contributed by atoms with Crippen molar-refractivity contribution >= 4 is 11.8 Å². The highest BCUT2D eigenvalue weighted by atomic mass is 16.3.